The van der Waals surface area contributed by atoms with Crippen molar-refractivity contribution in [1.29, 1.82) is 0 Å². The fourth-order valence-electron chi connectivity index (χ4n) is 3.16. The SMILES string of the molecule is CCOc1ccc2[nH]c(=O)c(CN(CCCO)C(=O)Nc3ccc(C)cc3)cc2c1. The maximum absolute atomic E-state index is 12.8. The van der Waals surface area contributed by atoms with Gasteiger partial charge in [-0.25, -0.2) is 4.79 Å². The third-order valence-corrected chi connectivity index (χ3v) is 4.74. The molecule has 30 heavy (non-hydrogen) atoms. The minimum Gasteiger partial charge on any atom is -0.494 e. The van der Waals surface area contributed by atoms with Crippen LogP contribution in [-0.4, -0.2) is 40.8 Å². The number of aliphatic hydroxyl groups excluding tert-OH is 1. The van der Waals surface area contributed by atoms with Crippen molar-refractivity contribution in [2.75, 3.05) is 25.1 Å². The Bertz CT molecular complexity index is 1060. The van der Waals surface area contributed by atoms with E-state index in [1.165, 1.54) is 4.90 Å². The molecular formula is C23H27N3O4. The molecule has 0 bridgehead atoms. The molecule has 0 atom stereocenters. The van der Waals surface area contributed by atoms with Gasteiger partial charge in [-0.3, -0.25) is 4.79 Å². The molecule has 158 valence electrons. The van der Waals surface area contributed by atoms with E-state index in [0.29, 0.717) is 36.3 Å². The van der Waals surface area contributed by atoms with E-state index < -0.39 is 0 Å². The molecule has 0 aliphatic rings. The van der Waals surface area contributed by atoms with Gasteiger partial charge in [-0.2, -0.15) is 0 Å². The molecule has 1 heterocycles. The predicted octanol–water partition coefficient (Wildman–Crippen LogP) is 3.65. The van der Waals surface area contributed by atoms with Crippen LogP contribution in [0.5, 0.6) is 5.75 Å². The highest BCUT2D eigenvalue weighted by Gasteiger charge is 2.16. The van der Waals surface area contributed by atoms with Crippen molar-refractivity contribution in [3.63, 3.8) is 0 Å². The van der Waals surface area contributed by atoms with Crippen LogP contribution in [0.15, 0.2) is 53.3 Å². The molecular weight excluding hydrogens is 382 g/mol. The second-order valence-corrected chi connectivity index (χ2v) is 7.10. The summed E-state index contributed by atoms with van der Waals surface area (Å²) in [4.78, 5) is 29.8. The van der Waals surface area contributed by atoms with Crippen LogP contribution in [0, 0.1) is 6.92 Å². The molecule has 0 aliphatic heterocycles. The van der Waals surface area contributed by atoms with E-state index in [0.717, 1.165) is 16.7 Å². The average Bonchev–Trinajstić information content (AvgIpc) is 2.73. The molecule has 3 aromatic rings. The number of aryl methyl sites for hydroxylation is 1. The number of pyridine rings is 1. The monoisotopic (exact) mass is 409 g/mol. The number of nitrogens with zero attached hydrogens (tertiary/aromatic N) is 1. The molecule has 7 nitrogen and oxygen atoms in total. The number of urea groups is 1. The molecule has 0 radical (unpaired) electrons. The van der Waals surface area contributed by atoms with Crippen LogP contribution in [0.4, 0.5) is 10.5 Å². The van der Waals surface area contributed by atoms with E-state index in [4.69, 9.17) is 4.74 Å². The van der Waals surface area contributed by atoms with Crippen LogP contribution in [0.2, 0.25) is 0 Å². The number of aromatic nitrogens is 1. The van der Waals surface area contributed by atoms with Crippen molar-refractivity contribution in [3.8, 4) is 5.75 Å². The lowest BCUT2D eigenvalue weighted by atomic mass is 10.1. The Morgan fingerprint density at radius 2 is 1.93 bits per heavy atom. The average molecular weight is 409 g/mol. The molecule has 0 aliphatic carbocycles. The molecule has 0 saturated carbocycles. The number of aliphatic hydroxyl groups is 1. The van der Waals surface area contributed by atoms with Crippen LogP contribution in [-0.2, 0) is 6.54 Å². The Morgan fingerprint density at radius 3 is 2.63 bits per heavy atom. The lowest BCUT2D eigenvalue weighted by Crippen LogP contribution is -2.37. The third-order valence-electron chi connectivity index (χ3n) is 4.74. The predicted molar refractivity (Wildman–Crippen MR) is 118 cm³/mol. The Balaban J connectivity index is 1.84. The smallest absolute Gasteiger partial charge is 0.322 e. The number of amides is 2. The summed E-state index contributed by atoms with van der Waals surface area (Å²) in [5.74, 6) is 0.720. The summed E-state index contributed by atoms with van der Waals surface area (Å²) in [6.45, 7) is 4.85. The van der Waals surface area contributed by atoms with Crippen LogP contribution < -0.4 is 15.6 Å². The Labute approximate surface area is 175 Å². The number of hydrogen-bond acceptors (Lipinski definition) is 4. The topological polar surface area (TPSA) is 94.7 Å². The van der Waals surface area contributed by atoms with Crippen molar-refractivity contribution in [2.45, 2.75) is 26.8 Å². The van der Waals surface area contributed by atoms with Crippen molar-refractivity contribution >= 4 is 22.6 Å². The summed E-state index contributed by atoms with van der Waals surface area (Å²) < 4.78 is 5.54. The van der Waals surface area contributed by atoms with Crippen LogP contribution in [0.25, 0.3) is 10.9 Å². The highest BCUT2D eigenvalue weighted by molar-refractivity contribution is 5.89. The summed E-state index contributed by atoms with van der Waals surface area (Å²) >= 11 is 0. The van der Waals surface area contributed by atoms with Gasteiger partial charge in [-0.15, -0.1) is 0 Å². The van der Waals surface area contributed by atoms with Crippen molar-refractivity contribution in [1.82, 2.24) is 9.88 Å². The summed E-state index contributed by atoms with van der Waals surface area (Å²) in [5, 5.41) is 12.9. The number of ether oxygens (including phenoxy) is 1. The first-order valence-electron chi connectivity index (χ1n) is 10.0. The van der Waals surface area contributed by atoms with E-state index in [1.807, 2.05) is 50.2 Å². The number of H-pyrrole nitrogens is 1. The van der Waals surface area contributed by atoms with Crippen LogP contribution in [0.1, 0.15) is 24.5 Å². The number of anilines is 1. The molecule has 2 amide bonds. The molecule has 1 aromatic heterocycles. The highest BCUT2D eigenvalue weighted by Crippen LogP contribution is 2.20. The van der Waals surface area contributed by atoms with Crippen LogP contribution >= 0.6 is 0 Å². The molecule has 0 saturated heterocycles. The van der Waals surface area contributed by atoms with Gasteiger partial charge in [-0.05, 0) is 56.7 Å². The van der Waals surface area contributed by atoms with Crippen molar-refractivity contribution in [3.05, 3.63) is 70.0 Å². The standard InChI is InChI=1S/C23H27N3O4/c1-3-30-20-9-10-21-17(14-20)13-18(22(28)25-21)15-26(11-4-12-27)23(29)24-19-7-5-16(2)6-8-19/h5-10,13-14,27H,3-4,11-12,15H2,1-2H3,(H,24,29)(H,25,28). The summed E-state index contributed by atoms with van der Waals surface area (Å²) in [7, 11) is 0. The maximum atomic E-state index is 12.8. The Morgan fingerprint density at radius 1 is 1.17 bits per heavy atom. The van der Waals surface area contributed by atoms with Gasteiger partial charge in [-0.1, -0.05) is 17.7 Å². The van der Waals surface area contributed by atoms with E-state index >= 15 is 0 Å². The zero-order chi connectivity index (χ0) is 21.5. The highest BCUT2D eigenvalue weighted by atomic mass is 16.5. The van der Waals surface area contributed by atoms with E-state index in [2.05, 4.69) is 10.3 Å². The van der Waals surface area contributed by atoms with E-state index in [9.17, 15) is 14.7 Å². The largest absolute Gasteiger partial charge is 0.494 e. The summed E-state index contributed by atoms with van der Waals surface area (Å²) in [6, 6.07) is 14.4. The van der Waals surface area contributed by atoms with E-state index in [-0.39, 0.29) is 24.7 Å². The van der Waals surface area contributed by atoms with Gasteiger partial charge in [0.1, 0.15) is 5.75 Å². The molecule has 0 fully saturated rings. The van der Waals surface area contributed by atoms with Gasteiger partial charge < -0.3 is 25.0 Å². The first-order valence-corrected chi connectivity index (χ1v) is 10.0. The van der Waals surface area contributed by atoms with Gasteiger partial charge in [0.2, 0.25) is 0 Å². The fraction of sp³-hybridized carbons (Fsp3) is 0.304. The second-order valence-electron chi connectivity index (χ2n) is 7.10. The minimum absolute atomic E-state index is 0.0416. The maximum Gasteiger partial charge on any atom is 0.322 e. The fourth-order valence-corrected chi connectivity index (χ4v) is 3.16. The number of fused-ring (bicyclic) bond motifs is 1. The van der Waals surface area contributed by atoms with E-state index in [1.54, 1.807) is 12.1 Å². The number of aromatic amines is 1. The zero-order valence-electron chi connectivity index (χ0n) is 17.3. The lowest BCUT2D eigenvalue weighted by molar-refractivity contribution is 0.199. The van der Waals surface area contributed by atoms with Crippen molar-refractivity contribution in [2.24, 2.45) is 0 Å². The third kappa shape index (κ3) is 5.39. The number of rotatable bonds is 8. The number of benzene rings is 2. The zero-order valence-corrected chi connectivity index (χ0v) is 17.3. The number of nitrogens with one attached hydrogen (secondary N) is 2. The van der Waals surface area contributed by atoms with Crippen LogP contribution in [0.3, 0.4) is 0 Å². The lowest BCUT2D eigenvalue weighted by Gasteiger charge is -2.23. The molecule has 2 aromatic carbocycles. The minimum atomic E-state index is -0.324. The number of carbonyl (C=O) groups is 1. The van der Waals surface area contributed by atoms with Gasteiger partial charge in [0.15, 0.2) is 0 Å². The summed E-state index contributed by atoms with van der Waals surface area (Å²) in [6.07, 6.45) is 0.418. The Kier molecular flexibility index (Phi) is 7.08. The molecule has 3 rings (SSSR count). The molecule has 0 unspecified atom stereocenters. The molecule has 7 heteroatoms. The van der Waals surface area contributed by atoms with Gasteiger partial charge in [0.05, 0.1) is 13.2 Å². The first kappa shape index (κ1) is 21.4. The second kappa shape index (κ2) is 9.93. The van der Waals surface area contributed by atoms with Gasteiger partial charge >= 0.3 is 6.03 Å². The van der Waals surface area contributed by atoms with Gasteiger partial charge in [0, 0.05) is 35.3 Å². The molecule has 3 N–H and O–H groups in total. The summed E-state index contributed by atoms with van der Waals surface area (Å²) in [5.41, 5.74) is 2.70. The van der Waals surface area contributed by atoms with Crippen molar-refractivity contribution < 1.29 is 14.6 Å². The first-order chi connectivity index (χ1) is 14.5. The van der Waals surface area contributed by atoms with Gasteiger partial charge in [0.25, 0.3) is 5.56 Å². The Hall–Kier alpha value is -3.32. The number of carbonyl (C=O) groups excluding carboxylic acids is 1. The normalized spacial score (nSPS) is 10.8. The molecule has 0 spiro atoms. The quantitative estimate of drug-likeness (QED) is 0.529. The number of hydrogen-bond donors (Lipinski definition) is 3.